The summed E-state index contributed by atoms with van der Waals surface area (Å²) in [4.78, 5) is 26.9. The zero-order chi connectivity index (χ0) is 23.5. The van der Waals surface area contributed by atoms with Crippen molar-refractivity contribution in [2.45, 2.75) is 25.2 Å². The smallest absolute Gasteiger partial charge is 0.428 e. The fourth-order valence-corrected chi connectivity index (χ4v) is 4.15. The number of hydrogen-bond acceptors (Lipinski definition) is 4. The molecule has 3 rings (SSSR count). The Morgan fingerprint density at radius 3 is 1.69 bits per heavy atom. The van der Waals surface area contributed by atoms with E-state index in [0.717, 1.165) is 27.0 Å². The minimum atomic E-state index is -4.93. The third kappa shape index (κ3) is 6.11. The highest BCUT2D eigenvalue weighted by Crippen LogP contribution is 2.32. The van der Waals surface area contributed by atoms with Crippen LogP contribution in [-0.2, 0) is 9.53 Å². The monoisotopic (exact) mass is 576 g/mol. The topological polar surface area (TPSA) is 49.9 Å². The second-order valence-corrected chi connectivity index (χ2v) is 9.28. The number of amides is 1. The Morgan fingerprint density at radius 1 is 0.875 bits per heavy atom. The van der Waals surface area contributed by atoms with Crippen molar-refractivity contribution in [3.8, 4) is 0 Å². The molecule has 0 bridgehead atoms. The molecule has 1 saturated heterocycles. The number of carbonyl (C=O) groups excluding carboxylic acids is 2. The maximum Gasteiger partial charge on any atom is 0.432 e. The molecule has 1 aliphatic heterocycles. The molecule has 1 fully saturated rings. The Bertz CT molecular complexity index is 899. The van der Waals surface area contributed by atoms with Crippen molar-refractivity contribution >= 4 is 43.7 Å². The lowest BCUT2D eigenvalue weighted by Crippen LogP contribution is -2.52. The summed E-state index contributed by atoms with van der Waals surface area (Å²) in [5.41, 5.74) is 2.11. The molecular formula is C22H21Br2F3N2O3. The molecule has 0 spiro atoms. The van der Waals surface area contributed by atoms with Gasteiger partial charge in [0.05, 0.1) is 6.04 Å². The van der Waals surface area contributed by atoms with E-state index in [1.165, 1.54) is 4.90 Å². The molecule has 0 saturated carbocycles. The van der Waals surface area contributed by atoms with Crippen molar-refractivity contribution in [3.05, 3.63) is 68.6 Å². The van der Waals surface area contributed by atoms with Crippen molar-refractivity contribution in [1.82, 2.24) is 9.80 Å². The van der Waals surface area contributed by atoms with Gasteiger partial charge in [-0.2, -0.15) is 13.2 Å². The highest BCUT2D eigenvalue weighted by atomic mass is 79.9. The van der Waals surface area contributed by atoms with Crippen LogP contribution in [0.4, 0.5) is 18.0 Å². The zero-order valence-corrected chi connectivity index (χ0v) is 20.3. The van der Waals surface area contributed by atoms with Gasteiger partial charge in [0.25, 0.3) is 6.10 Å². The van der Waals surface area contributed by atoms with Gasteiger partial charge in [-0.25, -0.2) is 4.79 Å². The first-order chi connectivity index (χ1) is 15.1. The second kappa shape index (κ2) is 10.4. The molecule has 1 unspecified atom stereocenters. The number of ether oxygens (including phenoxy) is 1. The number of piperazine rings is 1. The van der Waals surface area contributed by atoms with Crippen molar-refractivity contribution in [3.63, 3.8) is 0 Å². The predicted molar refractivity (Wildman–Crippen MR) is 120 cm³/mol. The van der Waals surface area contributed by atoms with Crippen LogP contribution in [0, 0.1) is 0 Å². The van der Waals surface area contributed by atoms with E-state index in [-0.39, 0.29) is 19.1 Å². The Morgan fingerprint density at radius 2 is 1.31 bits per heavy atom. The summed E-state index contributed by atoms with van der Waals surface area (Å²) in [6.45, 7) is 1.99. The summed E-state index contributed by atoms with van der Waals surface area (Å²) in [6.07, 6.45) is -8.81. The van der Waals surface area contributed by atoms with Crippen LogP contribution in [0.1, 0.15) is 24.1 Å². The molecule has 2 aromatic carbocycles. The molecule has 0 aliphatic carbocycles. The Kier molecular flexibility index (Phi) is 8.00. The minimum Gasteiger partial charge on any atom is -0.428 e. The summed E-state index contributed by atoms with van der Waals surface area (Å²) in [5, 5.41) is 0. The standard InChI is InChI=1S/C22H21Br2F3N2O3/c1-14(30)20(22(25,26)27)32-21(31)29-12-10-28(11-13-29)19(15-2-6-17(23)7-3-15)16-4-8-18(24)9-5-16/h2-9,19-20H,10-13H2,1H3. The Hall–Kier alpha value is -1.91. The zero-order valence-electron chi connectivity index (χ0n) is 17.1. The van der Waals surface area contributed by atoms with E-state index >= 15 is 0 Å². The normalized spacial score (nSPS) is 16.2. The molecule has 10 heteroatoms. The van der Waals surface area contributed by atoms with Gasteiger partial charge in [0.1, 0.15) is 0 Å². The maximum absolute atomic E-state index is 13.0. The number of halogens is 5. The predicted octanol–water partition coefficient (Wildman–Crippen LogP) is 5.58. The van der Waals surface area contributed by atoms with Gasteiger partial charge < -0.3 is 9.64 Å². The van der Waals surface area contributed by atoms with Crippen LogP contribution in [-0.4, -0.2) is 60.1 Å². The summed E-state index contributed by atoms with van der Waals surface area (Å²) in [7, 11) is 0. The molecule has 0 radical (unpaired) electrons. The quantitative estimate of drug-likeness (QED) is 0.466. The molecular weight excluding hydrogens is 557 g/mol. The highest BCUT2D eigenvalue weighted by Gasteiger charge is 2.47. The molecule has 172 valence electrons. The summed E-state index contributed by atoms with van der Waals surface area (Å²) in [5.74, 6) is -1.25. The highest BCUT2D eigenvalue weighted by molar-refractivity contribution is 9.10. The average Bonchev–Trinajstić information content (AvgIpc) is 2.74. The molecule has 1 heterocycles. The van der Waals surface area contributed by atoms with Crippen LogP contribution in [0.5, 0.6) is 0 Å². The van der Waals surface area contributed by atoms with Crippen LogP contribution in [0.3, 0.4) is 0 Å². The largest absolute Gasteiger partial charge is 0.432 e. The van der Waals surface area contributed by atoms with Gasteiger partial charge in [-0.3, -0.25) is 9.69 Å². The van der Waals surface area contributed by atoms with Gasteiger partial charge >= 0.3 is 12.3 Å². The minimum absolute atomic E-state index is 0.0884. The summed E-state index contributed by atoms with van der Waals surface area (Å²) < 4.78 is 45.3. The van der Waals surface area contributed by atoms with E-state index in [2.05, 4.69) is 41.5 Å². The van der Waals surface area contributed by atoms with E-state index in [1.807, 2.05) is 48.5 Å². The molecule has 5 nitrogen and oxygen atoms in total. The Labute approximate surface area is 200 Å². The van der Waals surface area contributed by atoms with Crippen LogP contribution in [0.2, 0.25) is 0 Å². The molecule has 0 aromatic heterocycles. The lowest BCUT2D eigenvalue weighted by atomic mass is 9.96. The van der Waals surface area contributed by atoms with Gasteiger partial charge in [0, 0.05) is 35.1 Å². The van der Waals surface area contributed by atoms with Crippen molar-refractivity contribution in [1.29, 1.82) is 0 Å². The number of alkyl halides is 3. The van der Waals surface area contributed by atoms with Gasteiger partial charge in [-0.05, 0) is 42.3 Å². The van der Waals surface area contributed by atoms with E-state index in [0.29, 0.717) is 13.1 Å². The van der Waals surface area contributed by atoms with E-state index in [9.17, 15) is 22.8 Å². The molecule has 1 amide bonds. The van der Waals surface area contributed by atoms with Crippen molar-refractivity contribution in [2.24, 2.45) is 0 Å². The number of rotatable bonds is 5. The third-order valence-electron chi connectivity index (χ3n) is 5.19. The van der Waals surface area contributed by atoms with Gasteiger partial charge in [-0.1, -0.05) is 56.1 Å². The number of nitrogens with zero attached hydrogens (tertiary/aromatic N) is 2. The van der Waals surface area contributed by atoms with Crippen molar-refractivity contribution < 1.29 is 27.5 Å². The van der Waals surface area contributed by atoms with Gasteiger partial charge in [0.2, 0.25) is 0 Å². The van der Waals surface area contributed by atoms with Crippen LogP contribution in [0.25, 0.3) is 0 Å². The lowest BCUT2D eigenvalue weighted by Gasteiger charge is -2.39. The summed E-state index contributed by atoms with van der Waals surface area (Å²) in [6, 6.07) is 15.8. The number of ketones is 1. The molecule has 32 heavy (non-hydrogen) atoms. The number of carbonyl (C=O) groups is 2. The molecule has 0 N–H and O–H groups in total. The van der Waals surface area contributed by atoms with Crippen LogP contribution >= 0.6 is 31.9 Å². The van der Waals surface area contributed by atoms with E-state index < -0.39 is 24.2 Å². The van der Waals surface area contributed by atoms with Crippen LogP contribution in [0.15, 0.2) is 57.5 Å². The van der Waals surface area contributed by atoms with E-state index in [1.54, 1.807) is 0 Å². The number of Topliss-reactive ketones (excluding diaryl/α,β-unsaturated/α-hetero) is 1. The third-order valence-corrected chi connectivity index (χ3v) is 6.25. The molecule has 2 aromatic rings. The first-order valence-corrected chi connectivity index (χ1v) is 11.4. The fourth-order valence-electron chi connectivity index (χ4n) is 3.62. The van der Waals surface area contributed by atoms with Crippen molar-refractivity contribution in [2.75, 3.05) is 26.2 Å². The van der Waals surface area contributed by atoms with Gasteiger partial charge in [-0.15, -0.1) is 0 Å². The average molecular weight is 578 g/mol. The number of benzene rings is 2. The van der Waals surface area contributed by atoms with Gasteiger partial charge in [0.15, 0.2) is 5.78 Å². The Balaban J connectivity index is 1.74. The summed E-state index contributed by atoms with van der Waals surface area (Å²) >= 11 is 6.88. The van der Waals surface area contributed by atoms with Crippen LogP contribution < -0.4 is 0 Å². The maximum atomic E-state index is 13.0. The first kappa shape index (κ1) is 24.7. The van der Waals surface area contributed by atoms with E-state index in [4.69, 9.17) is 0 Å². The first-order valence-electron chi connectivity index (χ1n) is 9.84. The number of hydrogen-bond donors (Lipinski definition) is 0. The SMILES string of the molecule is CC(=O)C(OC(=O)N1CCN(C(c2ccc(Br)cc2)c2ccc(Br)cc2)CC1)C(F)(F)F. The second-order valence-electron chi connectivity index (χ2n) is 7.44. The molecule has 1 atom stereocenters. The molecule has 1 aliphatic rings. The lowest BCUT2D eigenvalue weighted by molar-refractivity contribution is -0.204. The fraction of sp³-hybridized carbons (Fsp3) is 0.364.